The molecule has 0 saturated heterocycles. The summed E-state index contributed by atoms with van der Waals surface area (Å²) in [5, 5.41) is 0. The average molecular weight is 383 g/mol. The molecule has 0 fully saturated rings. The summed E-state index contributed by atoms with van der Waals surface area (Å²) in [5.41, 5.74) is 7.29. The van der Waals surface area contributed by atoms with E-state index in [9.17, 15) is 0 Å². The molecule has 0 radical (unpaired) electrons. The van der Waals surface area contributed by atoms with E-state index in [0.29, 0.717) is 0 Å². The lowest BCUT2D eigenvalue weighted by Gasteiger charge is -2.34. The molecule has 4 aromatic rings. The van der Waals surface area contributed by atoms with Crippen LogP contribution >= 0.6 is 25.3 Å². The Morgan fingerprint density at radius 3 is 1.37 bits per heavy atom. The molecule has 27 heavy (non-hydrogen) atoms. The second kappa shape index (κ2) is 6.33. The molecule has 5 rings (SSSR count). The molecule has 2 heteroatoms. The molecule has 0 saturated carbocycles. The van der Waals surface area contributed by atoms with Gasteiger partial charge in [-0.2, -0.15) is 0 Å². The van der Waals surface area contributed by atoms with Crippen LogP contribution in [0, 0.1) is 0 Å². The van der Waals surface area contributed by atoms with Crippen molar-refractivity contribution in [3.05, 3.63) is 119 Å². The van der Waals surface area contributed by atoms with Crippen molar-refractivity contribution in [1.29, 1.82) is 0 Å². The van der Waals surface area contributed by atoms with Crippen LogP contribution in [0.5, 0.6) is 0 Å². The van der Waals surface area contributed by atoms with Crippen molar-refractivity contribution in [1.82, 2.24) is 0 Å². The highest BCUT2D eigenvalue weighted by Crippen LogP contribution is 2.56. The van der Waals surface area contributed by atoms with Gasteiger partial charge in [0.05, 0.1) is 5.41 Å². The smallest absolute Gasteiger partial charge is 0.0714 e. The second-order valence-corrected chi connectivity index (χ2v) is 7.97. The lowest BCUT2D eigenvalue weighted by Crippen LogP contribution is -2.28. The SMILES string of the molecule is Sc1cccc(C2(c3cccc(S)c3)c3ccccc3-c3ccccc32)c1. The number of thiol groups is 2. The first-order valence-corrected chi connectivity index (χ1v) is 9.89. The first-order chi connectivity index (χ1) is 13.2. The summed E-state index contributed by atoms with van der Waals surface area (Å²) < 4.78 is 0. The van der Waals surface area contributed by atoms with Crippen LogP contribution in [0.3, 0.4) is 0 Å². The van der Waals surface area contributed by atoms with Gasteiger partial charge in [0.1, 0.15) is 0 Å². The fraction of sp³-hybridized carbons (Fsp3) is 0.0400. The van der Waals surface area contributed by atoms with Gasteiger partial charge in [-0.15, -0.1) is 25.3 Å². The maximum atomic E-state index is 4.64. The maximum absolute atomic E-state index is 4.64. The summed E-state index contributed by atoms with van der Waals surface area (Å²) in [6, 6.07) is 34.5. The monoisotopic (exact) mass is 382 g/mol. The molecule has 1 aliphatic carbocycles. The van der Waals surface area contributed by atoms with Crippen LogP contribution in [0.15, 0.2) is 107 Å². The topological polar surface area (TPSA) is 0 Å². The molecule has 0 nitrogen and oxygen atoms in total. The summed E-state index contributed by atoms with van der Waals surface area (Å²) in [6.45, 7) is 0. The van der Waals surface area contributed by atoms with Gasteiger partial charge in [-0.3, -0.25) is 0 Å². The molecular weight excluding hydrogens is 364 g/mol. The van der Waals surface area contributed by atoms with Gasteiger partial charge < -0.3 is 0 Å². The Kier molecular flexibility index (Phi) is 3.92. The van der Waals surface area contributed by atoms with Gasteiger partial charge in [0.25, 0.3) is 0 Å². The summed E-state index contributed by atoms with van der Waals surface area (Å²) in [4.78, 5) is 1.94. The van der Waals surface area contributed by atoms with Crippen LogP contribution in [0.4, 0.5) is 0 Å². The van der Waals surface area contributed by atoms with Crippen molar-refractivity contribution in [3.63, 3.8) is 0 Å². The fourth-order valence-electron chi connectivity index (χ4n) is 4.50. The molecule has 0 bridgehead atoms. The quantitative estimate of drug-likeness (QED) is 0.315. The third kappa shape index (κ3) is 2.40. The normalized spacial score (nSPS) is 13.9. The first-order valence-electron chi connectivity index (χ1n) is 8.99. The minimum absolute atomic E-state index is 0.370. The Bertz CT molecular complexity index is 1070. The zero-order valence-corrected chi connectivity index (χ0v) is 16.4. The molecular formula is C25H18S2. The predicted molar refractivity (Wildman–Crippen MR) is 118 cm³/mol. The van der Waals surface area contributed by atoms with Gasteiger partial charge in [0, 0.05) is 9.79 Å². The molecule has 0 atom stereocenters. The highest BCUT2D eigenvalue weighted by Gasteiger charge is 2.45. The minimum atomic E-state index is -0.370. The highest BCUT2D eigenvalue weighted by atomic mass is 32.1. The molecule has 0 N–H and O–H groups in total. The van der Waals surface area contributed by atoms with E-state index in [1.54, 1.807) is 0 Å². The van der Waals surface area contributed by atoms with E-state index in [2.05, 4.69) is 110 Å². The molecule has 130 valence electrons. The highest BCUT2D eigenvalue weighted by molar-refractivity contribution is 7.80. The van der Waals surface area contributed by atoms with Gasteiger partial charge in [0.2, 0.25) is 0 Å². The first kappa shape index (κ1) is 16.7. The third-order valence-corrected chi connectivity index (χ3v) is 6.07. The van der Waals surface area contributed by atoms with E-state index in [0.717, 1.165) is 9.79 Å². The van der Waals surface area contributed by atoms with Gasteiger partial charge in [-0.1, -0.05) is 72.8 Å². The van der Waals surface area contributed by atoms with Crippen molar-refractivity contribution >= 4 is 25.3 Å². The van der Waals surface area contributed by atoms with Crippen molar-refractivity contribution in [2.45, 2.75) is 15.2 Å². The Hall–Kier alpha value is -2.42. The largest absolute Gasteiger partial charge is 0.143 e. The molecule has 0 heterocycles. The van der Waals surface area contributed by atoms with Crippen molar-refractivity contribution in [2.75, 3.05) is 0 Å². The molecule has 0 spiro atoms. The molecule has 0 aromatic heterocycles. The Morgan fingerprint density at radius 1 is 0.481 bits per heavy atom. The van der Waals surface area contributed by atoms with E-state index < -0.39 is 0 Å². The minimum Gasteiger partial charge on any atom is -0.143 e. The van der Waals surface area contributed by atoms with Crippen molar-refractivity contribution in [3.8, 4) is 11.1 Å². The Labute approximate surface area is 170 Å². The average Bonchev–Trinajstić information content (AvgIpc) is 3.00. The molecule has 0 amide bonds. The fourth-order valence-corrected chi connectivity index (χ4v) is 4.95. The molecule has 0 unspecified atom stereocenters. The molecule has 0 aliphatic heterocycles. The molecule has 1 aliphatic rings. The van der Waals surface area contributed by atoms with Crippen LogP contribution in [0.2, 0.25) is 0 Å². The Morgan fingerprint density at radius 2 is 0.926 bits per heavy atom. The number of benzene rings is 4. The van der Waals surface area contributed by atoms with E-state index >= 15 is 0 Å². The van der Waals surface area contributed by atoms with Gasteiger partial charge in [0.15, 0.2) is 0 Å². The van der Waals surface area contributed by atoms with Gasteiger partial charge >= 0.3 is 0 Å². The third-order valence-electron chi connectivity index (χ3n) is 5.51. The van der Waals surface area contributed by atoms with Crippen molar-refractivity contribution in [2.24, 2.45) is 0 Å². The van der Waals surface area contributed by atoms with Crippen LogP contribution in [0.25, 0.3) is 11.1 Å². The number of fused-ring (bicyclic) bond motifs is 3. The number of rotatable bonds is 2. The molecule has 4 aromatic carbocycles. The standard InChI is InChI=1S/C25H18S2/c26-19-9-5-7-17(15-19)25(18-8-6-10-20(27)16-18)23-13-3-1-11-21(23)22-12-2-4-14-24(22)25/h1-16,26-27H. The maximum Gasteiger partial charge on any atom is 0.0714 e. The van der Waals surface area contributed by atoms with Crippen LogP contribution in [-0.2, 0) is 5.41 Å². The predicted octanol–water partition coefficient (Wildman–Crippen LogP) is 6.63. The lowest BCUT2D eigenvalue weighted by molar-refractivity contribution is 0.762. The van der Waals surface area contributed by atoms with E-state index in [1.807, 2.05) is 12.1 Å². The van der Waals surface area contributed by atoms with Crippen LogP contribution in [-0.4, -0.2) is 0 Å². The van der Waals surface area contributed by atoms with E-state index in [-0.39, 0.29) is 5.41 Å². The summed E-state index contributed by atoms with van der Waals surface area (Å²) in [5.74, 6) is 0. The Balaban J connectivity index is 1.98. The lowest BCUT2D eigenvalue weighted by atomic mass is 9.68. The van der Waals surface area contributed by atoms with E-state index in [4.69, 9.17) is 0 Å². The zero-order valence-electron chi connectivity index (χ0n) is 14.6. The van der Waals surface area contributed by atoms with E-state index in [1.165, 1.54) is 33.4 Å². The van der Waals surface area contributed by atoms with Crippen molar-refractivity contribution < 1.29 is 0 Å². The van der Waals surface area contributed by atoms with Crippen LogP contribution in [0.1, 0.15) is 22.3 Å². The summed E-state index contributed by atoms with van der Waals surface area (Å²) >= 11 is 9.28. The second-order valence-electron chi connectivity index (χ2n) is 6.94. The van der Waals surface area contributed by atoms with Gasteiger partial charge in [-0.25, -0.2) is 0 Å². The summed E-state index contributed by atoms with van der Waals surface area (Å²) in [7, 11) is 0. The zero-order chi connectivity index (χ0) is 18.4. The summed E-state index contributed by atoms with van der Waals surface area (Å²) in [6.07, 6.45) is 0. The van der Waals surface area contributed by atoms with Crippen LogP contribution < -0.4 is 0 Å². The van der Waals surface area contributed by atoms with Gasteiger partial charge in [-0.05, 0) is 57.6 Å². The number of hydrogen-bond donors (Lipinski definition) is 2. The number of hydrogen-bond acceptors (Lipinski definition) is 2.